The molecule has 103 valence electrons. The molecule has 0 aliphatic rings. The molecule has 2 aromatic heterocycles. The predicted octanol–water partition coefficient (Wildman–Crippen LogP) is 4.45. The summed E-state index contributed by atoms with van der Waals surface area (Å²) in [6.07, 6.45) is 3.58. The Balaban J connectivity index is 0.000000704. The molecule has 1 aromatic carbocycles. The summed E-state index contributed by atoms with van der Waals surface area (Å²) in [5.41, 5.74) is 3.82. The van der Waals surface area contributed by atoms with Gasteiger partial charge in [-0.2, -0.15) is 0 Å². The number of aromatic nitrogens is 2. The van der Waals surface area contributed by atoms with Gasteiger partial charge < -0.3 is 0 Å². The van der Waals surface area contributed by atoms with Crippen LogP contribution >= 0.6 is 14.2 Å². The number of pyridine rings is 2. The summed E-state index contributed by atoms with van der Waals surface area (Å²) in [6.45, 7) is 0. The zero-order chi connectivity index (χ0) is 14.2. The molecular formula is C16H11BrN2Ni-. The third-order valence-electron chi connectivity index (χ3n) is 2.68. The summed E-state index contributed by atoms with van der Waals surface area (Å²) in [4.78, 5) is 8.66. The fourth-order valence-electron chi connectivity index (χ4n) is 1.81. The van der Waals surface area contributed by atoms with Crippen LogP contribution < -0.4 is 0 Å². The molecule has 4 heteroatoms. The van der Waals surface area contributed by atoms with Crippen molar-refractivity contribution in [1.82, 2.24) is 9.97 Å². The van der Waals surface area contributed by atoms with E-state index in [9.17, 15) is 0 Å². The fraction of sp³-hybridized carbons (Fsp3) is 0. The molecule has 0 atom stereocenters. The van der Waals surface area contributed by atoms with Crippen LogP contribution in [-0.2, 0) is 13.7 Å². The Labute approximate surface area is 133 Å². The zero-order valence-electron chi connectivity index (χ0n) is 10.4. The van der Waals surface area contributed by atoms with E-state index < -0.39 is 0 Å². The molecule has 0 N–H and O–H groups in total. The summed E-state index contributed by atoms with van der Waals surface area (Å²) in [5.74, 6) is 0. The van der Waals surface area contributed by atoms with E-state index >= 15 is 0 Å². The average Bonchev–Trinajstić information content (AvgIpc) is 2.58. The van der Waals surface area contributed by atoms with Crippen LogP contribution in [0.4, 0.5) is 0 Å². The van der Waals surface area contributed by atoms with Crippen molar-refractivity contribution < 1.29 is 13.7 Å². The first kappa shape index (κ1) is 14.9. The Morgan fingerprint density at radius 3 is 1.60 bits per heavy atom. The molecular weight excluding hydrogens is 359 g/mol. The Kier molecular flexibility index (Phi) is 5.91. The molecule has 0 unspecified atom stereocenters. The first-order valence-corrected chi connectivity index (χ1v) is 8.35. The van der Waals surface area contributed by atoms with Crippen molar-refractivity contribution in [3.8, 4) is 22.5 Å². The van der Waals surface area contributed by atoms with Gasteiger partial charge in [-0.25, -0.2) is 0 Å². The SMILES string of the molecule is [Ni][Br].[c-]1c(-c2ccccn2)cccc1-c1ccccn1. The minimum absolute atomic E-state index is 0.926. The molecule has 20 heavy (non-hydrogen) atoms. The first-order valence-electron chi connectivity index (χ1n) is 5.90. The van der Waals surface area contributed by atoms with E-state index in [1.165, 1.54) is 0 Å². The molecule has 2 heterocycles. The Morgan fingerprint density at radius 2 is 1.20 bits per heavy atom. The van der Waals surface area contributed by atoms with Crippen LogP contribution in [0.1, 0.15) is 0 Å². The van der Waals surface area contributed by atoms with Gasteiger partial charge in [0.15, 0.2) is 0 Å². The number of nitrogens with zero attached hydrogens (tertiary/aromatic N) is 2. The zero-order valence-corrected chi connectivity index (χ0v) is 13.0. The van der Waals surface area contributed by atoms with Gasteiger partial charge in [-0.3, -0.25) is 9.97 Å². The monoisotopic (exact) mass is 368 g/mol. The van der Waals surface area contributed by atoms with Crippen LogP contribution in [0.5, 0.6) is 0 Å². The van der Waals surface area contributed by atoms with Crippen molar-refractivity contribution >= 4 is 14.2 Å². The molecule has 0 spiro atoms. The minimum atomic E-state index is 0.926. The van der Waals surface area contributed by atoms with Gasteiger partial charge in [0.2, 0.25) is 0 Å². The minimum Gasteiger partial charge on any atom is -0.295 e. The maximum absolute atomic E-state index is 4.33. The summed E-state index contributed by atoms with van der Waals surface area (Å²) < 4.78 is 0. The van der Waals surface area contributed by atoms with Crippen LogP contribution in [0.15, 0.2) is 67.0 Å². The second kappa shape index (κ2) is 7.93. The van der Waals surface area contributed by atoms with E-state index in [0.717, 1.165) is 22.5 Å². The van der Waals surface area contributed by atoms with E-state index in [-0.39, 0.29) is 0 Å². The van der Waals surface area contributed by atoms with Crippen molar-refractivity contribution in [2.24, 2.45) is 0 Å². The Hall–Kier alpha value is -1.51. The van der Waals surface area contributed by atoms with E-state index in [2.05, 4.69) is 44.0 Å². The van der Waals surface area contributed by atoms with Gasteiger partial charge in [-0.15, -0.1) is 24.3 Å². The van der Waals surface area contributed by atoms with Crippen molar-refractivity contribution in [3.63, 3.8) is 0 Å². The second-order valence-electron chi connectivity index (χ2n) is 3.91. The Morgan fingerprint density at radius 1 is 0.700 bits per heavy atom. The maximum Gasteiger partial charge on any atom is 0.0183 e. The third kappa shape index (κ3) is 3.75. The molecule has 0 amide bonds. The fourth-order valence-corrected chi connectivity index (χ4v) is 1.81. The van der Waals surface area contributed by atoms with E-state index in [1.54, 1.807) is 12.4 Å². The van der Waals surface area contributed by atoms with Gasteiger partial charge in [0.25, 0.3) is 0 Å². The van der Waals surface area contributed by atoms with Crippen LogP contribution in [0.3, 0.4) is 0 Å². The van der Waals surface area contributed by atoms with Crippen molar-refractivity contribution in [2.75, 3.05) is 0 Å². The second-order valence-corrected chi connectivity index (χ2v) is 3.91. The van der Waals surface area contributed by atoms with E-state index in [0.29, 0.717) is 0 Å². The quantitative estimate of drug-likeness (QED) is 0.492. The number of hydrogen-bond acceptors (Lipinski definition) is 2. The molecule has 0 saturated heterocycles. The van der Waals surface area contributed by atoms with Gasteiger partial charge >= 0.3 is 27.9 Å². The number of benzene rings is 1. The molecule has 2 nitrogen and oxygen atoms in total. The summed E-state index contributed by atoms with van der Waals surface area (Å²) >= 11 is 6.25. The summed E-state index contributed by atoms with van der Waals surface area (Å²) in [6, 6.07) is 21.1. The summed E-state index contributed by atoms with van der Waals surface area (Å²) in [5, 5.41) is 0. The van der Waals surface area contributed by atoms with Crippen LogP contribution in [0.2, 0.25) is 0 Å². The number of hydrogen-bond donors (Lipinski definition) is 0. The molecule has 3 aromatic rings. The molecule has 0 radical (unpaired) electrons. The Bertz CT molecular complexity index is 590. The molecule has 0 aliphatic heterocycles. The van der Waals surface area contributed by atoms with Crippen molar-refractivity contribution in [2.45, 2.75) is 0 Å². The summed E-state index contributed by atoms with van der Waals surface area (Å²) in [7, 11) is 0. The van der Waals surface area contributed by atoms with Gasteiger partial charge in [-0.05, 0) is 12.1 Å². The number of rotatable bonds is 2. The standard InChI is InChI=1S/C16H11N2.BrH.Ni/c1-3-10-17-15(8-1)13-6-5-7-14(12-13)16-9-2-4-11-18-16;;/h1-11H;1H;/q-1;;+1/p-1. The van der Waals surface area contributed by atoms with Crippen molar-refractivity contribution in [3.05, 3.63) is 73.1 Å². The molecule has 0 bridgehead atoms. The smallest absolute Gasteiger partial charge is 0.0183 e. The topological polar surface area (TPSA) is 25.8 Å². The van der Waals surface area contributed by atoms with Gasteiger partial charge in [0, 0.05) is 23.8 Å². The number of halogens is 1. The molecule has 3 rings (SSSR count). The maximum atomic E-state index is 4.33. The first-order chi connectivity index (χ1) is 9.93. The van der Waals surface area contributed by atoms with Crippen LogP contribution in [-0.4, -0.2) is 9.97 Å². The normalized spacial score (nSPS) is 9.55. The predicted molar refractivity (Wildman–Crippen MR) is 80.7 cm³/mol. The van der Waals surface area contributed by atoms with Crippen LogP contribution in [0, 0.1) is 6.07 Å². The van der Waals surface area contributed by atoms with Gasteiger partial charge in [-0.1, -0.05) is 35.4 Å². The van der Waals surface area contributed by atoms with Crippen LogP contribution in [0.25, 0.3) is 22.5 Å². The van der Waals surface area contributed by atoms with Crippen molar-refractivity contribution in [1.29, 1.82) is 0 Å². The molecule has 0 saturated carbocycles. The van der Waals surface area contributed by atoms with E-state index in [4.69, 9.17) is 0 Å². The van der Waals surface area contributed by atoms with Gasteiger partial charge in [0.05, 0.1) is 0 Å². The molecule has 0 fully saturated rings. The van der Waals surface area contributed by atoms with E-state index in [1.807, 2.05) is 54.6 Å². The third-order valence-corrected chi connectivity index (χ3v) is 2.68. The average molecular weight is 370 g/mol. The largest absolute Gasteiger partial charge is 0.295 e. The molecule has 0 aliphatic carbocycles. The van der Waals surface area contributed by atoms with Gasteiger partial charge in [0.1, 0.15) is 0 Å².